The van der Waals surface area contributed by atoms with E-state index in [9.17, 15) is 23.1 Å². The fourth-order valence-corrected chi connectivity index (χ4v) is 5.88. The van der Waals surface area contributed by atoms with Gasteiger partial charge in [0.05, 0.1) is 36.7 Å². The van der Waals surface area contributed by atoms with Crippen molar-refractivity contribution < 1.29 is 32.6 Å². The molecule has 10 heteroatoms. The molecule has 0 saturated heterocycles. The Morgan fingerprint density at radius 3 is 2.20 bits per heavy atom. The highest BCUT2D eigenvalue weighted by molar-refractivity contribution is 7.90. The number of aliphatic hydroxyl groups is 1. The summed E-state index contributed by atoms with van der Waals surface area (Å²) < 4.78 is 38.5. The summed E-state index contributed by atoms with van der Waals surface area (Å²) in [6.07, 6.45) is 1.07. The first-order valence-corrected chi connectivity index (χ1v) is 17.5. The van der Waals surface area contributed by atoms with Crippen LogP contribution >= 0.6 is 0 Å². The minimum atomic E-state index is -3.76. The Morgan fingerprint density at radius 1 is 0.935 bits per heavy atom. The van der Waals surface area contributed by atoms with E-state index in [0.29, 0.717) is 18.6 Å². The van der Waals surface area contributed by atoms with Gasteiger partial charge in [-0.2, -0.15) is 0 Å². The monoisotopic (exact) mass is 652 g/mol. The normalized spacial score (nSPS) is 12.4. The minimum absolute atomic E-state index is 0.108. The van der Waals surface area contributed by atoms with Gasteiger partial charge >= 0.3 is 6.09 Å². The third kappa shape index (κ3) is 11.2. The van der Waals surface area contributed by atoms with Crippen LogP contribution in [-0.4, -0.2) is 61.0 Å². The average Bonchev–Trinajstić information content (AvgIpc) is 2.99. The highest BCUT2D eigenvalue weighted by atomic mass is 32.2. The summed E-state index contributed by atoms with van der Waals surface area (Å²) in [6, 6.07) is 22.0. The molecule has 2 N–H and O–H groups in total. The second-order valence-corrected chi connectivity index (χ2v) is 14.4. The number of ether oxygens (including phenoxy) is 2. The maximum absolute atomic E-state index is 13.0. The molecule has 0 saturated carbocycles. The Labute approximate surface area is 274 Å². The van der Waals surface area contributed by atoms with Crippen LogP contribution in [-0.2, 0) is 21.2 Å². The molecular formula is C36H48N2O7S. The quantitative estimate of drug-likeness (QED) is 0.171. The van der Waals surface area contributed by atoms with Crippen LogP contribution in [0.15, 0.2) is 72.8 Å². The Morgan fingerprint density at radius 2 is 1.59 bits per heavy atom. The van der Waals surface area contributed by atoms with Gasteiger partial charge in [0.25, 0.3) is 5.91 Å². The first-order valence-electron chi connectivity index (χ1n) is 15.8. The van der Waals surface area contributed by atoms with Gasteiger partial charge in [0.1, 0.15) is 5.75 Å². The van der Waals surface area contributed by atoms with E-state index >= 15 is 0 Å². The Hall–Kier alpha value is -3.89. The van der Waals surface area contributed by atoms with Crippen molar-refractivity contribution >= 4 is 22.0 Å². The predicted octanol–water partition coefficient (Wildman–Crippen LogP) is 6.90. The largest absolute Gasteiger partial charge is 0.490 e. The number of carbonyl (C=O) groups excluding carboxylic acids is 2. The maximum atomic E-state index is 13.0. The highest BCUT2D eigenvalue weighted by Gasteiger charge is 2.30. The van der Waals surface area contributed by atoms with Gasteiger partial charge in [0.15, 0.2) is 0 Å². The number of sulfonamides is 1. The summed E-state index contributed by atoms with van der Waals surface area (Å²) in [5, 5.41) is 10.7. The molecule has 0 aliphatic carbocycles. The fourth-order valence-electron chi connectivity index (χ4n) is 4.80. The van der Waals surface area contributed by atoms with Gasteiger partial charge in [-0.1, -0.05) is 80.4 Å². The smallest absolute Gasteiger partial charge is 0.410 e. The molecule has 0 aliphatic heterocycles. The van der Waals surface area contributed by atoms with Crippen LogP contribution in [0.3, 0.4) is 0 Å². The third-order valence-corrected chi connectivity index (χ3v) is 8.65. The fraction of sp³-hybridized carbons (Fsp3) is 0.444. The van der Waals surface area contributed by atoms with Gasteiger partial charge in [-0.15, -0.1) is 0 Å². The lowest BCUT2D eigenvalue weighted by atomic mass is 10.0. The first kappa shape index (κ1) is 36.6. The van der Waals surface area contributed by atoms with Gasteiger partial charge in [0, 0.05) is 12.0 Å². The molecule has 1 atom stereocenters. The van der Waals surface area contributed by atoms with Crippen LogP contribution in [0, 0.1) is 0 Å². The van der Waals surface area contributed by atoms with Crippen LogP contribution in [0.2, 0.25) is 0 Å². The number of rotatable bonds is 15. The molecule has 0 spiro atoms. The summed E-state index contributed by atoms with van der Waals surface area (Å²) >= 11 is 0. The van der Waals surface area contributed by atoms with Crippen molar-refractivity contribution in [1.29, 1.82) is 0 Å². The lowest BCUT2D eigenvalue weighted by molar-refractivity contribution is 0.0368. The van der Waals surface area contributed by atoms with Crippen LogP contribution in [0.25, 0.3) is 11.1 Å². The van der Waals surface area contributed by atoms with E-state index in [1.807, 2.05) is 96.1 Å². The Bertz CT molecular complexity index is 1530. The lowest BCUT2D eigenvalue weighted by Crippen LogP contribution is -2.48. The summed E-state index contributed by atoms with van der Waals surface area (Å²) in [4.78, 5) is 27.5. The number of unbranched alkanes of at least 4 members (excludes halogenated alkanes) is 2. The molecule has 250 valence electrons. The number of carbonyl (C=O) groups is 2. The Kier molecular flexibility index (Phi) is 13.2. The Balaban J connectivity index is 1.65. The van der Waals surface area contributed by atoms with Gasteiger partial charge in [0.2, 0.25) is 10.0 Å². The van der Waals surface area contributed by atoms with Crippen molar-refractivity contribution in [2.24, 2.45) is 0 Å². The van der Waals surface area contributed by atoms with E-state index in [0.717, 1.165) is 35.1 Å². The molecule has 46 heavy (non-hydrogen) atoms. The number of aliphatic hydroxyl groups excluding tert-OH is 1. The SMILES string of the molecule is CCCCCS(=O)(=O)NC(=O)c1ccc(-c2ccc(CCOC(=O)N(C[C@H](O)c3ccccc3)C(C)(C)C)cc2)cc1OC(C)C. The second kappa shape index (κ2) is 16.6. The van der Waals surface area contributed by atoms with E-state index in [1.165, 1.54) is 4.90 Å². The van der Waals surface area contributed by atoms with Crippen molar-refractivity contribution in [1.82, 2.24) is 9.62 Å². The van der Waals surface area contributed by atoms with E-state index in [1.54, 1.807) is 18.2 Å². The average molecular weight is 653 g/mol. The van der Waals surface area contributed by atoms with Crippen LogP contribution in [0.4, 0.5) is 4.79 Å². The van der Waals surface area contributed by atoms with Crippen molar-refractivity contribution in [2.75, 3.05) is 18.9 Å². The molecule has 3 aromatic carbocycles. The van der Waals surface area contributed by atoms with Crippen LogP contribution in [0.5, 0.6) is 5.75 Å². The third-order valence-electron chi connectivity index (χ3n) is 7.33. The summed E-state index contributed by atoms with van der Waals surface area (Å²) in [5.74, 6) is -0.531. The zero-order valence-electron chi connectivity index (χ0n) is 27.8. The molecule has 0 unspecified atom stereocenters. The number of hydrogen-bond acceptors (Lipinski definition) is 7. The van der Waals surface area contributed by atoms with E-state index in [-0.39, 0.29) is 30.6 Å². The van der Waals surface area contributed by atoms with Gasteiger partial charge in [-0.25, -0.2) is 17.9 Å². The first-order chi connectivity index (χ1) is 21.7. The molecule has 0 heterocycles. The number of nitrogens with one attached hydrogen (secondary N) is 1. The van der Waals surface area contributed by atoms with Crippen LogP contribution in [0.1, 0.15) is 88.4 Å². The molecule has 3 aromatic rings. The molecule has 3 rings (SSSR count). The zero-order chi connectivity index (χ0) is 33.9. The second-order valence-electron chi connectivity index (χ2n) is 12.6. The number of nitrogens with zero attached hydrogens (tertiary/aromatic N) is 1. The van der Waals surface area contributed by atoms with Crippen LogP contribution < -0.4 is 9.46 Å². The van der Waals surface area contributed by atoms with Gasteiger partial charge in [-0.05, 0) is 75.4 Å². The summed E-state index contributed by atoms with van der Waals surface area (Å²) in [5.41, 5.74) is 2.97. The van der Waals surface area contributed by atoms with Crippen molar-refractivity contribution in [2.45, 2.75) is 85.0 Å². The van der Waals surface area contributed by atoms with E-state index in [2.05, 4.69) is 4.72 Å². The topological polar surface area (TPSA) is 122 Å². The zero-order valence-corrected chi connectivity index (χ0v) is 28.6. The van der Waals surface area contributed by atoms with E-state index < -0.39 is 33.7 Å². The lowest BCUT2D eigenvalue weighted by Gasteiger charge is -2.36. The predicted molar refractivity (Wildman–Crippen MR) is 181 cm³/mol. The number of amides is 2. The molecule has 0 radical (unpaired) electrons. The van der Waals surface area contributed by atoms with Crippen molar-refractivity contribution in [3.05, 3.63) is 89.5 Å². The number of benzene rings is 3. The maximum Gasteiger partial charge on any atom is 0.410 e. The molecule has 2 amide bonds. The molecule has 0 bridgehead atoms. The molecule has 0 fully saturated rings. The number of β-amino-alcohol motifs (C(OH)–C–C–N with tert-alkyl or cyclic N) is 1. The standard InChI is InChI=1S/C36H48N2O7S/c1-7-8-12-23-46(42,43)37-34(40)31-20-19-30(24-33(31)45-26(2)3)28-17-15-27(16-18-28)21-22-44-35(41)38(36(4,5)6)25-32(39)29-13-10-9-11-14-29/h9-11,13-20,24,26,32,39H,7-8,12,21-23,25H2,1-6H3,(H,37,40)/t32-/m0/s1. The van der Waals surface area contributed by atoms with Crippen molar-refractivity contribution in [3.8, 4) is 16.9 Å². The summed E-state index contributed by atoms with van der Waals surface area (Å²) in [7, 11) is -3.76. The highest BCUT2D eigenvalue weighted by Crippen LogP contribution is 2.29. The number of hydrogen-bond donors (Lipinski definition) is 2. The van der Waals surface area contributed by atoms with Gasteiger partial charge < -0.3 is 19.5 Å². The molecule has 9 nitrogen and oxygen atoms in total. The van der Waals surface area contributed by atoms with Crippen molar-refractivity contribution in [3.63, 3.8) is 0 Å². The van der Waals surface area contributed by atoms with Gasteiger partial charge in [-0.3, -0.25) is 4.79 Å². The molecule has 0 aliphatic rings. The summed E-state index contributed by atoms with van der Waals surface area (Å²) in [6.45, 7) is 11.6. The molecular weight excluding hydrogens is 604 g/mol. The minimum Gasteiger partial charge on any atom is -0.490 e. The van der Waals surface area contributed by atoms with E-state index in [4.69, 9.17) is 9.47 Å². The molecule has 0 aromatic heterocycles.